The molecule has 0 heterocycles. The van der Waals surface area contributed by atoms with E-state index in [4.69, 9.17) is 16.3 Å². The van der Waals surface area contributed by atoms with Crippen molar-refractivity contribution in [1.82, 2.24) is 10.2 Å². The van der Waals surface area contributed by atoms with Crippen LogP contribution < -0.4 is 14.4 Å². The molecular formula is C32H38ClN3O5S. The highest BCUT2D eigenvalue weighted by molar-refractivity contribution is 7.92. The Morgan fingerprint density at radius 2 is 1.69 bits per heavy atom. The Balaban J connectivity index is 1.71. The Hall–Kier alpha value is -3.56. The minimum absolute atomic E-state index is 0.00724. The van der Waals surface area contributed by atoms with Crippen LogP contribution in [-0.4, -0.2) is 50.9 Å². The third-order valence-corrected chi connectivity index (χ3v) is 9.61. The van der Waals surface area contributed by atoms with E-state index in [0.29, 0.717) is 17.2 Å². The molecule has 0 aliphatic heterocycles. The third kappa shape index (κ3) is 7.63. The lowest BCUT2D eigenvalue weighted by Crippen LogP contribution is -2.53. The molecule has 3 aromatic carbocycles. The molecular weight excluding hydrogens is 574 g/mol. The Morgan fingerprint density at radius 1 is 1.02 bits per heavy atom. The van der Waals surface area contributed by atoms with Gasteiger partial charge in [-0.15, -0.1) is 0 Å². The standard InChI is InChI=1S/C32H38ClN3O5S/c1-4-30(32(38)34-26-9-5-6-10-26)35(21-24-14-12-23(2)13-15-24)31(37)22-36(27-11-7-8-25(33)20-27)42(39,40)29-18-16-28(41-3)17-19-29/h7-8,11-20,26,30H,4-6,9-10,21-22H2,1-3H3,(H,34,38). The SMILES string of the molecule is CCC(C(=O)NC1CCCC1)N(Cc1ccc(C)cc1)C(=O)CN(c1cccc(Cl)c1)S(=O)(=O)c1ccc(OC)cc1. The van der Waals surface area contributed by atoms with Crippen molar-refractivity contribution in [3.8, 4) is 5.75 Å². The van der Waals surface area contributed by atoms with Crippen molar-refractivity contribution in [1.29, 1.82) is 0 Å². The molecule has 10 heteroatoms. The summed E-state index contributed by atoms with van der Waals surface area (Å²) in [5.74, 6) is -0.221. The summed E-state index contributed by atoms with van der Waals surface area (Å²) >= 11 is 6.25. The number of hydrogen-bond donors (Lipinski definition) is 1. The molecule has 1 unspecified atom stereocenters. The smallest absolute Gasteiger partial charge is 0.264 e. The van der Waals surface area contributed by atoms with E-state index in [9.17, 15) is 18.0 Å². The van der Waals surface area contributed by atoms with Crippen LogP contribution in [0.2, 0.25) is 5.02 Å². The summed E-state index contributed by atoms with van der Waals surface area (Å²) in [5, 5.41) is 3.45. The van der Waals surface area contributed by atoms with Gasteiger partial charge in [-0.1, -0.05) is 67.3 Å². The summed E-state index contributed by atoms with van der Waals surface area (Å²) in [4.78, 5) is 29.2. The molecule has 0 aromatic heterocycles. The van der Waals surface area contributed by atoms with Crippen LogP contribution in [0, 0.1) is 6.92 Å². The quantitative estimate of drug-likeness (QED) is 0.283. The number of carbonyl (C=O) groups excluding carboxylic acids is 2. The maximum atomic E-state index is 14.2. The number of rotatable bonds is 12. The number of anilines is 1. The van der Waals surface area contributed by atoms with E-state index in [1.807, 2.05) is 38.1 Å². The van der Waals surface area contributed by atoms with Gasteiger partial charge in [-0.2, -0.15) is 0 Å². The number of nitrogens with one attached hydrogen (secondary N) is 1. The molecule has 1 aliphatic carbocycles. The highest BCUT2D eigenvalue weighted by Crippen LogP contribution is 2.28. The first kappa shape index (κ1) is 31.4. The molecule has 1 aliphatic rings. The zero-order chi connectivity index (χ0) is 30.3. The van der Waals surface area contributed by atoms with Crippen LogP contribution in [0.3, 0.4) is 0 Å². The second-order valence-corrected chi connectivity index (χ2v) is 12.9. The molecule has 4 rings (SSSR count). The second kappa shape index (κ2) is 14.1. The minimum atomic E-state index is -4.20. The Morgan fingerprint density at radius 3 is 2.29 bits per heavy atom. The van der Waals surface area contributed by atoms with Gasteiger partial charge >= 0.3 is 0 Å². The fourth-order valence-electron chi connectivity index (χ4n) is 5.21. The average Bonchev–Trinajstić information content (AvgIpc) is 3.49. The van der Waals surface area contributed by atoms with Gasteiger partial charge in [0.2, 0.25) is 11.8 Å². The number of carbonyl (C=O) groups is 2. The lowest BCUT2D eigenvalue weighted by atomic mass is 10.1. The number of aryl methyl sites for hydroxylation is 1. The van der Waals surface area contributed by atoms with E-state index in [1.165, 1.54) is 30.2 Å². The fourth-order valence-corrected chi connectivity index (χ4v) is 6.80. The average molecular weight is 612 g/mol. The highest BCUT2D eigenvalue weighted by Gasteiger charge is 2.34. The molecule has 1 saturated carbocycles. The van der Waals surface area contributed by atoms with Gasteiger partial charge < -0.3 is 15.0 Å². The van der Waals surface area contributed by atoms with Crippen LogP contribution in [0.4, 0.5) is 5.69 Å². The number of sulfonamides is 1. The van der Waals surface area contributed by atoms with Gasteiger partial charge in [0.25, 0.3) is 10.0 Å². The molecule has 8 nitrogen and oxygen atoms in total. The van der Waals surface area contributed by atoms with E-state index in [2.05, 4.69) is 5.32 Å². The molecule has 0 spiro atoms. The van der Waals surface area contributed by atoms with E-state index in [0.717, 1.165) is 41.1 Å². The number of halogens is 1. The molecule has 1 fully saturated rings. The van der Waals surface area contributed by atoms with Crippen molar-refractivity contribution in [2.75, 3.05) is 18.0 Å². The number of nitrogens with zero attached hydrogens (tertiary/aromatic N) is 2. The summed E-state index contributed by atoms with van der Waals surface area (Å²) in [6.45, 7) is 3.47. The molecule has 0 saturated heterocycles. The number of methoxy groups -OCH3 is 1. The summed E-state index contributed by atoms with van der Waals surface area (Å²) in [6.07, 6.45) is 4.32. The monoisotopic (exact) mass is 611 g/mol. The number of amides is 2. The fraction of sp³-hybridized carbons (Fsp3) is 0.375. The molecule has 1 atom stereocenters. The van der Waals surface area contributed by atoms with Crippen molar-refractivity contribution in [2.45, 2.75) is 69.5 Å². The number of benzene rings is 3. The molecule has 224 valence electrons. The van der Waals surface area contributed by atoms with Crippen LogP contribution in [0.1, 0.15) is 50.2 Å². The zero-order valence-corrected chi connectivity index (χ0v) is 25.8. The van der Waals surface area contributed by atoms with E-state index in [-0.39, 0.29) is 29.1 Å². The molecule has 0 bridgehead atoms. The maximum Gasteiger partial charge on any atom is 0.264 e. The van der Waals surface area contributed by atoms with Crippen molar-refractivity contribution >= 4 is 39.1 Å². The predicted octanol–water partition coefficient (Wildman–Crippen LogP) is 5.72. The van der Waals surface area contributed by atoms with E-state index >= 15 is 0 Å². The van der Waals surface area contributed by atoms with Crippen LogP contribution in [0.5, 0.6) is 5.75 Å². The van der Waals surface area contributed by atoms with Gasteiger partial charge in [-0.3, -0.25) is 13.9 Å². The summed E-state index contributed by atoms with van der Waals surface area (Å²) in [6, 6.07) is 19.4. The Bertz CT molecular complexity index is 1470. The van der Waals surface area contributed by atoms with E-state index in [1.54, 1.807) is 30.3 Å². The van der Waals surface area contributed by atoms with Crippen molar-refractivity contribution in [2.24, 2.45) is 0 Å². The lowest BCUT2D eigenvalue weighted by molar-refractivity contribution is -0.140. The van der Waals surface area contributed by atoms with Crippen LogP contribution in [0.15, 0.2) is 77.7 Å². The Labute approximate surface area is 253 Å². The van der Waals surface area contributed by atoms with Gasteiger partial charge in [0.1, 0.15) is 18.3 Å². The van der Waals surface area contributed by atoms with Crippen molar-refractivity contribution < 1.29 is 22.7 Å². The van der Waals surface area contributed by atoms with Crippen molar-refractivity contribution in [3.05, 3.63) is 88.9 Å². The minimum Gasteiger partial charge on any atom is -0.497 e. The Kier molecular flexibility index (Phi) is 10.5. The molecule has 0 radical (unpaired) electrons. The molecule has 1 N–H and O–H groups in total. The first-order chi connectivity index (χ1) is 20.1. The molecule has 42 heavy (non-hydrogen) atoms. The number of hydrogen-bond acceptors (Lipinski definition) is 5. The van der Waals surface area contributed by atoms with Crippen molar-refractivity contribution in [3.63, 3.8) is 0 Å². The lowest BCUT2D eigenvalue weighted by Gasteiger charge is -2.34. The predicted molar refractivity (Wildman–Crippen MR) is 165 cm³/mol. The van der Waals surface area contributed by atoms with Gasteiger partial charge in [-0.25, -0.2) is 8.42 Å². The first-order valence-electron chi connectivity index (χ1n) is 14.2. The zero-order valence-electron chi connectivity index (χ0n) is 24.3. The maximum absolute atomic E-state index is 14.2. The van der Waals surface area contributed by atoms with Gasteiger partial charge in [0, 0.05) is 17.6 Å². The van der Waals surface area contributed by atoms with E-state index < -0.39 is 28.5 Å². The summed E-state index contributed by atoms with van der Waals surface area (Å²) < 4.78 is 34.2. The normalized spacial score (nSPS) is 14.3. The first-order valence-corrected chi connectivity index (χ1v) is 16.0. The summed E-state index contributed by atoms with van der Waals surface area (Å²) in [5.41, 5.74) is 2.15. The van der Waals surface area contributed by atoms with Gasteiger partial charge in [0.15, 0.2) is 0 Å². The third-order valence-electron chi connectivity index (χ3n) is 7.58. The van der Waals surface area contributed by atoms with Crippen LogP contribution in [-0.2, 0) is 26.2 Å². The van der Waals surface area contributed by atoms with Gasteiger partial charge in [0.05, 0.1) is 17.7 Å². The topological polar surface area (TPSA) is 96.0 Å². The summed E-state index contributed by atoms with van der Waals surface area (Å²) in [7, 11) is -2.71. The highest BCUT2D eigenvalue weighted by atomic mass is 35.5. The van der Waals surface area contributed by atoms with Crippen LogP contribution in [0.25, 0.3) is 0 Å². The van der Waals surface area contributed by atoms with Crippen LogP contribution >= 0.6 is 11.6 Å². The second-order valence-electron chi connectivity index (χ2n) is 10.6. The largest absolute Gasteiger partial charge is 0.497 e. The van der Waals surface area contributed by atoms with Gasteiger partial charge in [-0.05, 0) is 74.2 Å². The molecule has 3 aromatic rings. The molecule has 2 amide bonds. The number of ether oxygens (including phenoxy) is 1.